The number of aryl methyl sites for hydroxylation is 1. The maximum atomic E-state index is 8.91. The summed E-state index contributed by atoms with van der Waals surface area (Å²) in [6, 6.07) is 22.2. The molecule has 26 heavy (non-hydrogen) atoms. The number of para-hydroxylation sites is 2. The summed E-state index contributed by atoms with van der Waals surface area (Å²) in [6.45, 7) is 0.664. The van der Waals surface area contributed by atoms with Gasteiger partial charge < -0.3 is 9.88 Å². The highest BCUT2D eigenvalue weighted by atomic mass is 15.1. The van der Waals surface area contributed by atoms with Crippen molar-refractivity contribution in [3.8, 4) is 17.3 Å². The van der Waals surface area contributed by atoms with E-state index < -0.39 is 0 Å². The highest BCUT2D eigenvalue weighted by molar-refractivity contribution is 5.95. The number of hydrogen-bond acceptors (Lipinski definition) is 4. The third-order valence-corrected chi connectivity index (χ3v) is 4.21. The van der Waals surface area contributed by atoms with Gasteiger partial charge >= 0.3 is 0 Å². The number of rotatable bonds is 5. The summed E-state index contributed by atoms with van der Waals surface area (Å²) in [7, 11) is 0. The third-order valence-electron chi connectivity index (χ3n) is 4.21. The summed E-state index contributed by atoms with van der Waals surface area (Å²) in [5, 5.41) is 13.3. The summed E-state index contributed by atoms with van der Waals surface area (Å²) in [5.74, 6) is 0.558. The van der Waals surface area contributed by atoms with Crippen LogP contribution in [0.4, 0.5) is 11.6 Å². The Hall–Kier alpha value is -3.65. The van der Waals surface area contributed by atoms with Gasteiger partial charge in [0.1, 0.15) is 0 Å². The number of aromatic nitrogens is 3. The number of anilines is 2. The highest BCUT2D eigenvalue weighted by Gasteiger charge is 2.12. The molecule has 0 spiro atoms. The smallest absolute Gasteiger partial charge is 0.227 e. The molecular weight excluding hydrogens is 322 g/mol. The fraction of sp³-hybridized carbons (Fsp3) is 0.0952. The number of fused-ring (bicyclic) bond motifs is 1. The zero-order valence-electron chi connectivity index (χ0n) is 14.1. The van der Waals surface area contributed by atoms with Gasteiger partial charge in [0.25, 0.3) is 0 Å². The minimum absolute atomic E-state index is 0.475. The Balaban J connectivity index is 1.74. The lowest BCUT2D eigenvalue weighted by Gasteiger charge is -2.06. The summed E-state index contributed by atoms with van der Waals surface area (Å²) >= 11 is 0. The lowest BCUT2D eigenvalue weighted by atomic mass is 10.1. The summed E-state index contributed by atoms with van der Waals surface area (Å²) < 4.78 is 2.11. The number of nitrogens with one attached hydrogen (secondary N) is 1. The van der Waals surface area contributed by atoms with Gasteiger partial charge in [-0.25, -0.2) is 9.97 Å². The third kappa shape index (κ3) is 3.13. The van der Waals surface area contributed by atoms with Crippen LogP contribution in [-0.2, 0) is 6.54 Å². The zero-order chi connectivity index (χ0) is 17.8. The van der Waals surface area contributed by atoms with E-state index in [-0.39, 0.29) is 0 Å². The fourth-order valence-electron chi connectivity index (χ4n) is 3.03. The van der Waals surface area contributed by atoms with Crippen molar-refractivity contribution < 1.29 is 0 Å². The van der Waals surface area contributed by atoms with Gasteiger partial charge in [0, 0.05) is 41.1 Å². The maximum Gasteiger partial charge on any atom is 0.227 e. The first-order valence-corrected chi connectivity index (χ1v) is 8.45. The minimum atomic E-state index is 0.475. The van der Waals surface area contributed by atoms with Crippen LogP contribution in [-0.4, -0.2) is 14.5 Å². The van der Waals surface area contributed by atoms with Gasteiger partial charge in [-0.1, -0.05) is 36.4 Å². The van der Waals surface area contributed by atoms with Crippen LogP contribution in [0.5, 0.6) is 0 Å². The molecule has 0 fully saturated rings. The Kier molecular flexibility index (Phi) is 4.31. The van der Waals surface area contributed by atoms with Crippen LogP contribution < -0.4 is 5.32 Å². The van der Waals surface area contributed by atoms with Crippen molar-refractivity contribution in [1.82, 2.24) is 14.5 Å². The van der Waals surface area contributed by atoms with E-state index in [2.05, 4.69) is 44.3 Å². The Bertz CT molecular complexity index is 1080. The molecule has 126 valence electrons. The Labute approximate surface area is 151 Å². The van der Waals surface area contributed by atoms with E-state index in [0.717, 1.165) is 27.8 Å². The first-order valence-electron chi connectivity index (χ1n) is 8.45. The maximum absolute atomic E-state index is 8.91. The molecule has 0 unspecified atom stereocenters. The van der Waals surface area contributed by atoms with E-state index in [1.807, 2.05) is 48.5 Å². The molecule has 1 N–H and O–H groups in total. The van der Waals surface area contributed by atoms with Crippen molar-refractivity contribution in [2.24, 2.45) is 0 Å². The molecule has 0 bridgehead atoms. The zero-order valence-corrected chi connectivity index (χ0v) is 14.1. The average molecular weight is 339 g/mol. The second-order valence-electron chi connectivity index (χ2n) is 5.92. The van der Waals surface area contributed by atoms with Gasteiger partial charge in [-0.3, -0.25) is 0 Å². The van der Waals surface area contributed by atoms with Crippen LogP contribution in [0.2, 0.25) is 0 Å². The van der Waals surface area contributed by atoms with Crippen LogP contribution in [0.3, 0.4) is 0 Å². The van der Waals surface area contributed by atoms with Gasteiger partial charge in [0.2, 0.25) is 5.95 Å². The molecule has 4 aromatic rings. The van der Waals surface area contributed by atoms with Crippen LogP contribution in [0.25, 0.3) is 22.2 Å². The van der Waals surface area contributed by atoms with E-state index >= 15 is 0 Å². The molecule has 5 heteroatoms. The first kappa shape index (κ1) is 15.9. The summed E-state index contributed by atoms with van der Waals surface area (Å²) in [5.41, 5.74) is 3.94. The van der Waals surface area contributed by atoms with Crippen molar-refractivity contribution >= 4 is 22.5 Å². The lowest BCUT2D eigenvalue weighted by molar-refractivity contribution is 0.745. The molecular formula is C21H17N5. The van der Waals surface area contributed by atoms with E-state index in [1.54, 1.807) is 6.20 Å². The van der Waals surface area contributed by atoms with E-state index in [1.165, 1.54) is 0 Å². The molecule has 0 atom stereocenters. The van der Waals surface area contributed by atoms with Gasteiger partial charge in [-0.15, -0.1) is 0 Å². The second kappa shape index (κ2) is 7.08. The molecule has 0 aliphatic heterocycles. The van der Waals surface area contributed by atoms with Crippen LogP contribution in [0, 0.1) is 11.3 Å². The van der Waals surface area contributed by atoms with E-state index in [4.69, 9.17) is 5.26 Å². The van der Waals surface area contributed by atoms with Crippen LogP contribution >= 0.6 is 0 Å². The molecule has 0 aliphatic rings. The molecule has 0 radical (unpaired) electrons. The molecule has 5 nitrogen and oxygen atoms in total. The summed E-state index contributed by atoms with van der Waals surface area (Å²) in [4.78, 5) is 9.01. The second-order valence-corrected chi connectivity index (χ2v) is 5.92. The Morgan fingerprint density at radius 1 is 1.00 bits per heavy atom. The van der Waals surface area contributed by atoms with Crippen molar-refractivity contribution in [2.75, 3.05) is 5.32 Å². The molecule has 2 aromatic heterocycles. The fourth-order valence-corrected chi connectivity index (χ4v) is 3.03. The topological polar surface area (TPSA) is 66.5 Å². The van der Waals surface area contributed by atoms with E-state index in [0.29, 0.717) is 18.9 Å². The van der Waals surface area contributed by atoms with E-state index in [9.17, 15) is 0 Å². The molecule has 0 saturated carbocycles. The predicted octanol–water partition coefficient (Wildman–Crippen LogP) is 4.76. The molecule has 4 rings (SSSR count). The average Bonchev–Trinajstić information content (AvgIpc) is 3.06. The van der Waals surface area contributed by atoms with Crippen molar-refractivity contribution in [1.29, 1.82) is 5.26 Å². The van der Waals surface area contributed by atoms with Crippen molar-refractivity contribution in [2.45, 2.75) is 13.0 Å². The summed E-state index contributed by atoms with van der Waals surface area (Å²) in [6.07, 6.45) is 4.30. The van der Waals surface area contributed by atoms with Crippen LogP contribution in [0.1, 0.15) is 6.42 Å². The normalized spacial score (nSPS) is 10.6. The Morgan fingerprint density at radius 3 is 2.65 bits per heavy atom. The van der Waals surface area contributed by atoms with Crippen molar-refractivity contribution in [3.63, 3.8) is 0 Å². The SMILES string of the molecule is N#CCCn1cc(-c2ccnc(Nc3ccccc3)n2)c2ccccc21. The van der Waals surface area contributed by atoms with Gasteiger partial charge in [0.05, 0.1) is 18.2 Å². The number of nitrogens with zero attached hydrogens (tertiary/aromatic N) is 4. The van der Waals surface area contributed by atoms with Gasteiger partial charge in [-0.2, -0.15) is 5.26 Å². The monoisotopic (exact) mass is 339 g/mol. The molecule has 2 heterocycles. The van der Waals surface area contributed by atoms with Gasteiger partial charge in [-0.05, 0) is 24.3 Å². The van der Waals surface area contributed by atoms with Gasteiger partial charge in [0.15, 0.2) is 0 Å². The largest absolute Gasteiger partial charge is 0.346 e. The lowest BCUT2D eigenvalue weighted by Crippen LogP contribution is -1.97. The standard InChI is InChI=1S/C21H17N5/c22-12-6-14-26-15-18(17-9-4-5-10-20(17)26)19-11-13-23-21(25-19)24-16-7-2-1-3-8-16/h1-5,7-11,13,15H,6,14H2,(H,23,24,25). The first-order chi connectivity index (χ1) is 12.8. The molecule has 0 aliphatic carbocycles. The van der Waals surface area contributed by atoms with Crippen LogP contribution in [0.15, 0.2) is 73.1 Å². The number of nitriles is 1. The molecule has 0 amide bonds. The van der Waals surface area contributed by atoms with Crippen molar-refractivity contribution in [3.05, 3.63) is 73.1 Å². The molecule has 2 aromatic carbocycles. The highest BCUT2D eigenvalue weighted by Crippen LogP contribution is 2.30. The Morgan fingerprint density at radius 2 is 1.81 bits per heavy atom. The predicted molar refractivity (Wildman–Crippen MR) is 103 cm³/mol. The number of hydrogen-bond donors (Lipinski definition) is 1. The molecule has 0 saturated heterocycles. The number of benzene rings is 2. The quantitative estimate of drug-likeness (QED) is 0.569. The minimum Gasteiger partial charge on any atom is -0.346 e.